The third kappa shape index (κ3) is 3.08. The molecule has 3 N–H and O–H groups in total. The molecule has 0 aliphatic rings. The predicted octanol–water partition coefficient (Wildman–Crippen LogP) is -0.140. The average molecular weight is 285 g/mol. The topological polar surface area (TPSA) is 147 Å². The fourth-order valence-corrected chi connectivity index (χ4v) is 1.52. The van der Waals surface area contributed by atoms with Gasteiger partial charge in [0, 0.05) is 17.7 Å². The van der Waals surface area contributed by atoms with E-state index in [0.29, 0.717) is 0 Å². The molecule has 0 radical (unpaired) electrons. The fourth-order valence-electron chi connectivity index (χ4n) is 1.52. The van der Waals surface area contributed by atoms with Gasteiger partial charge in [-0.15, -0.1) is 0 Å². The molecule has 1 aromatic carbocycles. The number of non-ortho nitro benzene ring substituents is 1. The van der Waals surface area contributed by atoms with Crippen LogP contribution < -0.4 is 0 Å². The number of nitro benzene ring substituents is 1. The highest BCUT2D eigenvalue weighted by Crippen LogP contribution is 2.26. The van der Waals surface area contributed by atoms with E-state index >= 15 is 0 Å². The van der Waals surface area contributed by atoms with Crippen molar-refractivity contribution in [3.8, 4) is 0 Å². The van der Waals surface area contributed by atoms with Crippen molar-refractivity contribution < 1.29 is 34.6 Å². The van der Waals surface area contributed by atoms with Gasteiger partial charge in [-0.25, -0.2) is 9.59 Å². The summed E-state index contributed by atoms with van der Waals surface area (Å²) in [5.74, 6) is -2.66. The summed E-state index contributed by atoms with van der Waals surface area (Å²) in [7, 11) is 0.962. The molecule has 0 fully saturated rings. The summed E-state index contributed by atoms with van der Waals surface area (Å²) in [6.07, 6.45) is -4.02. The Bertz CT molecular complexity index is 555. The number of nitro groups is 1. The van der Waals surface area contributed by atoms with Gasteiger partial charge in [-0.1, -0.05) is 0 Å². The molecule has 0 aliphatic heterocycles. The van der Waals surface area contributed by atoms with Gasteiger partial charge in [0.25, 0.3) is 5.69 Å². The zero-order chi connectivity index (χ0) is 15.4. The normalized spacial score (nSPS) is 13.3. The smallest absolute Gasteiger partial charge is 0.337 e. The van der Waals surface area contributed by atoms with E-state index in [1.807, 2.05) is 0 Å². The number of esters is 1. The second-order valence-corrected chi connectivity index (χ2v) is 3.75. The van der Waals surface area contributed by atoms with E-state index < -0.39 is 45.9 Å². The van der Waals surface area contributed by atoms with Crippen LogP contribution in [0.4, 0.5) is 5.69 Å². The SMILES string of the molecule is COC(=O)C(O)C(O)c1cc([N+](=O)[O-])ccc1C(=O)O. The van der Waals surface area contributed by atoms with Crippen LogP contribution in [0, 0.1) is 10.1 Å². The van der Waals surface area contributed by atoms with E-state index in [2.05, 4.69) is 4.74 Å². The van der Waals surface area contributed by atoms with Crippen molar-refractivity contribution in [1.29, 1.82) is 0 Å². The van der Waals surface area contributed by atoms with Gasteiger partial charge in [0.2, 0.25) is 0 Å². The van der Waals surface area contributed by atoms with Crippen LogP contribution in [-0.4, -0.2) is 45.4 Å². The van der Waals surface area contributed by atoms with Crippen molar-refractivity contribution in [2.24, 2.45) is 0 Å². The zero-order valence-corrected chi connectivity index (χ0v) is 10.2. The van der Waals surface area contributed by atoms with Gasteiger partial charge >= 0.3 is 11.9 Å². The summed E-state index contributed by atoms with van der Waals surface area (Å²) in [5.41, 5.74) is -1.41. The Hall–Kier alpha value is -2.52. The lowest BCUT2D eigenvalue weighted by Gasteiger charge is -2.17. The molecule has 0 bridgehead atoms. The number of carbonyl (C=O) groups excluding carboxylic acids is 1. The van der Waals surface area contributed by atoms with Crippen LogP contribution in [0.3, 0.4) is 0 Å². The summed E-state index contributed by atoms with van der Waals surface area (Å²) < 4.78 is 4.20. The second kappa shape index (κ2) is 6.08. The van der Waals surface area contributed by atoms with Crippen LogP contribution in [0.15, 0.2) is 18.2 Å². The number of hydrogen-bond donors (Lipinski definition) is 3. The maximum absolute atomic E-state index is 11.1. The molecule has 0 aromatic heterocycles. The van der Waals surface area contributed by atoms with Crippen molar-refractivity contribution in [1.82, 2.24) is 0 Å². The summed E-state index contributed by atoms with van der Waals surface area (Å²) >= 11 is 0. The largest absolute Gasteiger partial charge is 0.478 e. The van der Waals surface area contributed by atoms with Crippen molar-refractivity contribution in [3.05, 3.63) is 39.4 Å². The first-order chi connectivity index (χ1) is 9.29. The number of aromatic carboxylic acids is 1. The summed E-state index contributed by atoms with van der Waals surface area (Å²) in [4.78, 5) is 31.9. The van der Waals surface area contributed by atoms with E-state index in [1.165, 1.54) is 0 Å². The first-order valence-electron chi connectivity index (χ1n) is 5.25. The molecule has 0 spiro atoms. The number of carbonyl (C=O) groups is 2. The number of carboxylic acids is 1. The van der Waals surface area contributed by atoms with Crippen molar-refractivity contribution in [2.75, 3.05) is 7.11 Å². The van der Waals surface area contributed by atoms with Gasteiger partial charge in [0.1, 0.15) is 6.10 Å². The minimum Gasteiger partial charge on any atom is -0.478 e. The quantitative estimate of drug-likeness (QED) is 0.384. The van der Waals surface area contributed by atoms with E-state index in [-0.39, 0.29) is 0 Å². The molecule has 0 saturated carbocycles. The molecular weight excluding hydrogens is 274 g/mol. The van der Waals surface area contributed by atoms with Gasteiger partial charge in [-0.3, -0.25) is 10.1 Å². The van der Waals surface area contributed by atoms with Crippen LogP contribution in [-0.2, 0) is 9.53 Å². The third-order valence-corrected chi connectivity index (χ3v) is 2.54. The van der Waals surface area contributed by atoms with Crippen LogP contribution >= 0.6 is 0 Å². The Kier molecular flexibility index (Phi) is 4.73. The monoisotopic (exact) mass is 285 g/mol. The van der Waals surface area contributed by atoms with Gasteiger partial charge in [0.05, 0.1) is 17.6 Å². The molecule has 20 heavy (non-hydrogen) atoms. The van der Waals surface area contributed by atoms with Crippen LogP contribution in [0.2, 0.25) is 0 Å². The Morgan fingerprint density at radius 3 is 2.40 bits per heavy atom. The molecule has 2 atom stereocenters. The Labute approximate surface area is 112 Å². The fraction of sp³-hybridized carbons (Fsp3) is 0.273. The van der Waals surface area contributed by atoms with E-state index in [1.54, 1.807) is 0 Å². The highest BCUT2D eigenvalue weighted by Gasteiger charge is 2.31. The van der Waals surface area contributed by atoms with Crippen LogP contribution in [0.5, 0.6) is 0 Å². The summed E-state index contributed by atoms with van der Waals surface area (Å²) in [5, 5.41) is 38.9. The van der Waals surface area contributed by atoms with Crippen LogP contribution in [0.25, 0.3) is 0 Å². The van der Waals surface area contributed by atoms with Crippen LogP contribution in [0.1, 0.15) is 22.0 Å². The lowest BCUT2D eigenvalue weighted by molar-refractivity contribution is -0.385. The number of carboxylic acid groups (broad SMARTS) is 1. The Balaban J connectivity index is 3.31. The lowest BCUT2D eigenvalue weighted by Crippen LogP contribution is -2.30. The molecule has 0 amide bonds. The molecule has 0 aliphatic carbocycles. The highest BCUT2D eigenvalue weighted by molar-refractivity contribution is 5.90. The minimum atomic E-state index is -2.06. The number of rotatable bonds is 5. The molecule has 108 valence electrons. The number of benzene rings is 1. The minimum absolute atomic E-state index is 0.454. The van der Waals surface area contributed by atoms with Gasteiger partial charge in [-0.05, 0) is 6.07 Å². The second-order valence-electron chi connectivity index (χ2n) is 3.75. The molecule has 9 nitrogen and oxygen atoms in total. The highest BCUT2D eigenvalue weighted by atomic mass is 16.6. The molecule has 1 aromatic rings. The maximum Gasteiger partial charge on any atom is 0.337 e. The van der Waals surface area contributed by atoms with Crippen molar-refractivity contribution >= 4 is 17.6 Å². The number of hydrogen-bond acceptors (Lipinski definition) is 7. The van der Waals surface area contributed by atoms with Crippen molar-refractivity contribution in [3.63, 3.8) is 0 Å². The zero-order valence-electron chi connectivity index (χ0n) is 10.2. The van der Waals surface area contributed by atoms with E-state index in [4.69, 9.17) is 5.11 Å². The molecule has 2 unspecified atom stereocenters. The number of aliphatic hydroxyl groups excluding tert-OH is 2. The molecular formula is C11H11NO8. The van der Waals surface area contributed by atoms with Gasteiger partial charge in [0.15, 0.2) is 6.10 Å². The Morgan fingerprint density at radius 1 is 1.35 bits per heavy atom. The average Bonchev–Trinajstić information content (AvgIpc) is 2.43. The maximum atomic E-state index is 11.1. The number of nitrogens with zero attached hydrogens (tertiary/aromatic N) is 1. The first-order valence-corrected chi connectivity index (χ1v) is 5.25. The van der Waals surface area contributed by atoms with E-state index in [0.717, 1.165) is 25.3 Å². The van der Waals surface area contributed by atoms with Crippen molar-refractivity contribution in [2.45, 2.75) is 12.2 Å². The van der Waals surface area contributed by atoms with E-state index in [9.17, 15) is 29.9 Å². The third-order valence-electron chi connectivity index (χ3n) is 2.54. The summed E-state index contributed by atoms with van der Waals surface area (Å²) in [6.45, 7) is 0. The molecule has 1 rings (SSSR count). The molecule has 0 saturated heterocycles. The van der Waals surface area contributed by atoms with Gasteiger partial charge < -0.3 is 20.1 Å². The number of aliphatic hydroxyl groups is 2. The Morgan fingerprint density at radius 2 is 1.95 bits per heavy atom. The number of ether oxygens (including phenoxy) is 1. The number of methoxy groups -OCH3 is 1. The lowest BCUT2D eigenvalue weighted by atomic mass is 9.98. The standard InChI is InChI=1S/C11H11NO8/c1-20-11(17)9(14)8(13)7-4-5(12(18)19)2-3-6(7)10(15)16/h2-4,8-9,13-14H,1H3,(H,15,16). The van der Waals surface area contributed by atoms with Gasteiger partial charge in [-0.2, -0.15) is 0 Å². The predicted molar refractivity (Wildman–Crippen MR) is 63.0 cm³/mol. The molecule has 0 heterocycles. The summed E-state index contributed by atoms with van der Waals surface area (Å²) in [6, 6.07) is 2.62. The molecule has 9 heteroatoms. The first kappa shape index (κ1) is 15.5.